The minimum absolute atomic E-state index is 0.0779. The van der Waals surface area contributed by atoms with Crippen LogP contribution in [-0.2, 0) is 0 Å². The monoisotopic (exact) mass is 324 g/mol. The molecule has 0 aromatic carbocycles. The van der Waals surface area contributed by atoms with Gasteiger partial charge in [0.1, 0.15) is 5.69 Å². The molecule has 1 aromatic rings. The number of carbonyl (C=O) groups is 1. The molecule has 1 aromatic heterocycles. The molecule has 1 aliphatic rings. The van der Waals surface area contributed by atoms with Crippen molar-refractivity contribution in [3.8, 4) is 0 Å². The largest absolute Gasteiger partial charge is 0.334 e. The highest BCUT2D eigenvalue weighted by molar-refractivity contribution is 7.09. The molecule has 5 nitrogen and oxygen atoms in total. The number of likely N-dealkylation sites (N-methyl/N-ethyl adjacent to an activating group) is 2. The number of aryl methyl sites for hydroxylation is 1. The Bertz CT molecular complexity index is 488. The Morgan fingerprint density at radius 1 is 1.45 bits per heavy atom. The van der Waals surface area contributed by atoms with Crippen LogP contribution in [-0.4, -0.2) is 78.5 Å². The van der Waals surface area contributed by atoms with Gasteiger partial charge in [0.2, 0.25) is 0 Å². The van der Waals surface area contributed by atoms with Gasteiger partial charge in [-0.2, -0.15) is 0 Å². The van der Waals surface area contributed by atoms with Crippen LogP contribution in [0.2, 0.25) is 0 Å². The summed E-state index contributed by atoms with van der Waals surface area (Å²) in [5, 5.41) is 2.83. The summed E-state index contributed by atoms with van der Waals surface area (Å²) in [7, 11) is 4.09. The van der Waals surface area contributed by atoms with E-state index >= 15 is 0 Å². The number of amides is 1. The normalized spacial score (nSPS) is 19.0. The van der Waals surface area contributed by atoms with Gasteiger partial charge in [-0.15, -0.1) is 11.3 Å². The van der Waals surface area contributed by atoms with E-state index in [1.165, 1.54) is 12.8 Å². The highest BCUT2D eigenvalue weighted by Gasteiger charge is 2.28. The molecular formula is C16H28N4OS. The maximum atomic E-state index is 12.8. The van der Waals surface area contributed by atoms with E-state index in [9.17, 15) is 4.79 Å². The van der Waals surface area contributed by atoms with Gasteiger partial charge in [-0.3, -0.25) is 9.69 Å². The second kappa shape index (κ2) is 8.04. The first-order valence-corrected chi connectivity index (χ1v) is 8.99. The van der Waals surface area contributed by atoms with Crippen LogP contribution >= 0.6 is 11.3 Å². The minimum atomic E-state index is 0.0779. The zero-order valence-corrected chi connectivity index (χ0v) is 15.0. The molecule has 0 saturated carbocycles. The van der Waals surface area contributed by atoms with Crippen molar-refractivity contribution in [2.75, 3.05) is 46.8 Å². The zero-order chi connectivity index (χ0) is 16.1. The van der Waals surface area contributed by atoms with Crippen molar-refractivity contribution in [2.24, 2.45) is 0 Å². The van der Waals surface area contributed by atoms with E-state index in [1.807, 2.05) is 31.3 Å². The predicted octanol–water partition coefficient (Wildman–Crippen LogP) is 1.94. The molecule has 1 atom stereocenters. The molecule has 0 bridgehead atoms. The second-order valence-corrected chi connectivity index (χ2v) is 7.29. The summed E-state index contributed by atoms with van der Waals surface area (Å²) in [5.41, 5.74) is 0.599. The molecule has 1 fully saturated rings. The van der Waals surface area contributed by atoms with Crippen LogP contribution in [0.1, 0.15) is 35.3 Å². The van der Waals surface area contributed by atoms with Crippen LogP contribution in [0.5, 0.6) is 0 Å². The maximum absolute atomic E-state index is 12.8. The summed E-state index contributed by atoms with van der Waals surface area (Å²) in [6.07, 6.45) is 2.43. The van der Waals surface area contributed by atoms with Gasteiger partial charge in [-0.1, -0.05) is 6.92 Å². The maximum Gasteiger partial charge on any atom is 0.273 e. The highest BCUT2D eigenvalue weighted by Crippen LogP contribution is 2.19. The lowest BCUT2D eigenvalue weighted by Gasteiger charge is -2.30. The molecule has 0 unspecified atom stereocenters. The summed E-state index contributed by atoms with van der Waals surface area (Å²) in [5.74, 6) is 0.0779. The number of likely N-dealkylation sites (tertiary alicyclic amines) is 1. The standard InChI is InChI=1S/C16H28N4OS/c1-5-19-8-6-7-14(19)11-20(10-9-18(3)4)16(21)15-12-22-13(2)17-15/h12,14H,5-11H2,1-4H3/t14-/m1/s1. The van der Waals surface area contributed by atoms with E-state index in [0.717, 1.165) is 37.7 Å². The summed E-state index contributed by atoms with van der Waals surface area (Å²) in [6, 6.07) is 0.496. The minimum Gasteiger partial charge on any atom is -0.334 e. The number of thiazole rings is 1. The van der Waals surface area contributed by atoms with Gasteiger partial charge in [0.15, 0.2) is 0 Å². The first-order valence-electron chi connectivity index (χ1n) is 8.11. The molecule has 1 aliphatic heterocycles. The Morgan fingerprint density at radius 2 is 2.23 bits per heavy atom. The van der Waals surface area contributed by atoms with Gasteiger partial charge in [0.05, 0.1) is 5.01 Å². The Balaban J connectivity index is 2.06. The topological polar surface area (TPSA) is 39.7 Å². The average molecular weight is 324 g/mol. The van der Waals surface area contributed by atoms with Crippen LogP contribution in [0.3, 0.4) is 0 Å². The third-order valence-corrected chi connectivity index (χ3v) is 5.05. The molecular weight excluding hydrogens is 296 g/mol. The summed E-state index contributed by atoms with van der Waals surface area (Å²) in [6.45, 7) is 8.83. The molecule has 22 heavy (non-hydrogen) atoms. The Kier molecular flexibility index (Phi) is 6.35. The van der Waals surface area contributed by atoms with Crippen molar-refractivity contribution >= 4 is 17.2 Å². The van der Waals surface area contributed by atoms with Crippen molar-refractivity contribution in [1.29, 1.82) is 0 Å². The van der Waals surface area contributed by atoms with Crippen molar-refractivity contribution < 1.29 is 4.79 Å². The van der Waals surface area contributed by atoms with Crippen molar-refractivity contribution in [1.82, 2.24) is 19.7 Å². The lowest BCUT2D eigenvalue weighted by atomic mass is 10.2. The van der Waals surface area contributed by atoms with Gasteiger partial charge in [0, 0.05) is 31.1 Å². The Morgan fingerprint density at radius 3 is 2.82 bits per heavy atom. The molecule has 0 spiro atoms. The van der Waals surface area contributed by atoms with Gasteiger partial charge in [-0.25, -0.2) is 4.98 Å². The number of nitrogens with zero attached hydrogens (tertiary/aromatic N) is 4. The third kappa shape index (κ3) is 4.51. The number of hydrogen-bond acceptors (Lipinski definition) is 5. The van der Waals surface area contributed by atoms with Gasteiger partial charge >= 0.3 is 0 Å². The zero-order valence-electron chi connectivity index (χ0n) is 14.2. The first kappa shape index (κ1) is 17.4. The molecule has 0 N–H and O–H groups in total. The average Bonchev–Trinajstić information content (AvgIpc) is 3.10. The summed E-state index contributed by atoms with van der Waals surface area (Å²) < 4.78 is 0. The van der Waals surface area contributed by atoms with Crippen LogP contribution in [0.25, 0.3) is 0 Å². The second-order valence-electron chi connectivity index (χ2n) is 6.23. The molecule has 1 saturated heterocycles. The van der Waals surface area contributed by atoms with Gasteiger partial charge < -0.3 is 9.80 Å². The molecule has 6 heteroatoms. The first-order chi connectivity index (χ1) is 10.5. The fourth-order valence-electron chi connectivity index (χ4n) is 2.99. The molecule has 1 amide bonds. The van der Waals surface area contributed by atoms with Gasteiger partial charge in [-0.05, 0) is 47.0 Å². The number of hydrogen-bond donors (Lipinski definition) is 0. The third-order valence-electron chi connectivity index (χ3n) is 4.28. The van der Waals surface area contributed by atoms with Gasteiger partial charge in [0.25, 0.3) is 5.91 Å². The molecule has 2 heterocycles. The lowest BCUT2D eigenvalue weighted by Crippen LogP contribution is -2.45. The van der Waals surface area contributed by atoms with E-state index in [2.05, 4.69) is 21.7 Å². The lowest BCUT2D eigenvalue weighted by molar-refractivity contribution is 0.0689. The highest BCUT2D eigenvalue weighted by atomic mass is 32.1. The van der Waals surface area contributed by atoms with Crippen LogP contribution in [0, 0.1) is 6.92 Å². The molecule has 2 rings (SSSR count). The van der Waals surface area contributed by atoms with Crippen LogP contribution < -0.4 is 0 Å². The molecule has 0 radical (unpaired) electrons. The quantitative estimate of drug-likeness (QED) is 0.768. The summed E-state index contributed by atoms with van der Waals surface area (Å²) in [4.78, 5) is 23.8. The van der Waals surface area contributed by atoms with Crippen LogP contribution in [0.15, 0.2) is 5.38 Å². The van der Waals surface area contributed by atoms with E-state index in [4.69, 9.17) is 0 Å². The Labute approximate surface area is 137 Å². The number of aromatic nitrogens is 1. The van der Waals surface area contributed by atoms with Crippen molar-refractivity contribution in [3.05, 3.63) is 16.1 Å². The van der Waals surface area contributed by atoms with E-state index in [-0.39, 0.29) is 5.91 Å². The smallest absolute Gasteiger partial charge is 0.273 e. The fraction of sp³-hybridized carbons (Fsp3) is 0.750. The van der Waals surface area contributed by atoms with E-state index < -0.39 is 0 Å². The molecule has 124 valence electrons. The van der Waals surface area contributed by atoms with Crippen molar-refractivity contribution in [2.45, 2.75) is 32.7 Å². The van der Waals surface area contributed by atoms with E-state index in [1.54, 1.807) is 11.3 Å². The van der Waals surface area contributed by atoms with E-state index in [0.29, 0.717) is 11.7 Å². The predicted molar refractivity (Wildman–Crippen MR) is 91.6 cm³/mol. The van der Waals surface area contributed by atoms with Crippen LogP contribution in [0.4, 0.5) is 0 Å². The SMILES string of the molecule is CCN1CCC[C@@H]1CN(CCN(C)C)C(=O)c1csc(C)n1. The number of rotatable bonds is 7. The number of carbonyl (C=O) groups excluding carboxylic acids is 1. The summed E-state index contributed by atoms with van der Waals surface area (Å²) >= 11 is 1.54. The fourth-order valence-corrected chi connectivity index (χ4v) is 3.58. The van der Waals surface area contributed by atoms with Crippen molar-refractivity contribution in [3.63, 3.8) is 0 Å². The Hall–Kier alpha value is -0.980. The molecule has 0 aliphatic carbocycles.